The van der Waals surface area contributed by atoms with Crippen LogP contribution in [-0.2, 0) is 11.2 Å². The molecule has 3 rings (SSSR count). The molecule has 3 heterocycles. The molecule has 0 saturated carbocycles. The molecule has 1 N–H and O–H groups in total. The maximum Gasteiger partial charge on any atom is 0.225 e. The van der Waals surface area contributed by atoms with Gasteiger partial charge in [0.2, 0.25) is 5.91 Å². The normalized spacial score (nSPS) is 11.3. The summed E-state index contributed by atoms with van der Waals surface area (Å²) in [5.41, 5.74) is 5.10. The van der Waals surface area contributed by atoms with E-state index in [9.17, 15) is 4.79 Å². The van der Waals surface area contributed by atoms with E-state index in [0.717, 1.165) is 33.4 Å². The van der Waals surface area contributed by atoms with Crippen molar-refractivity contribution in [2.45, 2.75) is 53.5 Å². The average Bonchev–Trinajstić information content (AvgIpc) is 3.01. The Balaban J connectivity index is 1.79. The van der Waals surface area contributed by atoms with Crippen molar-refractivity contribution in [3.63, 3.8) is 0 Å². The Kier molecular flexibility index (Phi) is 5.02. The first-order chi connectivity index (χ1) is 12.4. The van der Waals surface area contributed by atoms with Crippen molar-refractivity contribution in [2.75, 3.05) is 5.32 Å². The van der Waals surface area contributed by atoms with Crippen LogP contribution < -0.4 is 5.32 Å². The lowest BCUT2D eigenvalue weighted by atomic mass is 10.0. The molecule has 6 heteroatoms. The molecule has 0 radical (unpaired) electrons. The predicted molar refractivity (Wildman–Crippen MR) is 103 cm³/mol. The van der Waals surface area contributed by atoms with Gasteiger partial charge in [-0.15, -0.1) is 0 Å². The minimum Gasteiger partial charge on any atom is -0.310 e. The number of anilines is 1. The number of pyridine rings is 2. The van der Waals surface area contributed by atoms with Crippen LogP contribution in [0.1, 0.15) is 48.7 Å². The molecule has 3 aromatic heterocycles. The number of rotatable bonds is 5. The summed E-state index contributed by atoms with van der Waals surface area (Å²) in [6, 6.07) is 4.05. The topological polar surface area (TPSA) is 72.7 Å². The zero-order valence-electron chi connectivity index (χ0n) is 16.0. The van der Waals surface area contributed by atoms with Gasteiger partial charge in [-0.2, -0.15) is 5.10 Å². The molecule has 0 atom stereocenters. The van der Waals surface area contributed by atoms with Crippen molar-refractivity contribution in [1.29, 1.82) is 0 Å². The van der Waals surface area contributed by atoms with Gasteiger partial charge in [-0.05, 0) is 63.8 Å². The van der Waals surface area contributed by atoms with Gasteiger partial charge in [0.25, 0.3) is 0 Å². The minimum atomic E-state index is -0.0384. The standard InChI is InChI=1S/C20H25N5O/c1-12(2)25-20-17(11-22-25)14(4)16(15(5)23-20)8-9-18(26)24-19-13(3)7-6-10-21-19/h6-7,10-12H,8-9H2,1-5H3,(H,21,24,26). The van der Waals surface area contributed by atoms with E-state index in [-0.39, 0.29) is 11.9 Å². The quantitative estimate of drug-likeness (QED) is 0.756. The average molecular weight is 351 g/mol. The number of nitrogens with one attached hydrogen (secondary N) is 1. The third kappa shape index (κ3) is 3.45. The second-order valence-corrected chi connectivity index (χ2v) is 6.94. The fraction of sp³-hybridized carbons (Fsp3) is 0.400. The molecule has 6 nitrogen and oxygen atoms in total. The molecule has 0 aliphatic carbocycles. The molecule has 0 fully saturated rings. The van der Waals surface area contributed by atoms with Gasteiger partial charge in [-0.25, -0.2) is 14.6 Å². The molecule has 0 unspecified atom stereocenters. The molecule has 0 bridgehead atoms. The molecular formula is C20H25N5O. The third-order valence-corrected chi connectivity index (χ3v) is 4.69. The number of nitrogens with zero attached hydrogens (tertiary/aromatic N) is 4. The lowest BCUT2D eigenvalue weighted by Gasteiger charge is -2.13. The SMILES string of the molecule is Cc1cccnc1NC(=O)CCc1c(C)nc2c(cnn2C(C)C)c1C. The van der Waals surface area contributed by atoms with Gasteiger partial charge in [-0.3, -0.25) is 4.79 Å². The molecule has 0 aliphatic heterocycles. The number of hydrogen-bond donors (Lipinski definition) is 1. The van der Waals surface area contributed by atoms with Crippen LogP contribution in [0, 0.1) is 20.8 Å². The number of amides is 1. The first-order valence-corrected chi connectivity index (χ1v) is 8.93. The van der Waals surface area contributed by atoms with E-state index >= 15 is 0 Å². The minimum absolute atomic E-state index is 0.0384. The van der Waals surface area contributed by atoms with E-state index in [0.29, 0.717) is 18.7 Å². The lowest BCUT2D eigenvalue weighted by Crippen LogP contribution is -2.15. The van der Waals surface area contributed by atoms with Crippen molar-refractivity contribution in [3.05, 3.63) is 46.9 Å². The first kappa shape index (κ1) is 18.0. The summed E-state index contributed by atoms with van der Waals surface area (Å²) in [5, 5.41) is 8.41. The zero-order chi connectivity index (χ0) is 18.8. The maximum absolute atomic E-state index is 12.3. The van der Waals surface area contributed by atoms with Crippen molar-refractivity contribution in [3.8, 4) is 0 Å². The van der Waals surface area contributed by atoms with Gasteiger partial charge in [-0.1, -0.05) is 6.07 Å². The molecule has 0 spiro atoms. The van der Waals surface area contributed by atoms with Crippen LogP contribution in [0.4, 0.5) is 5.82 Å². The Labute approximate surface area is 153 Å². The second kappa shape index (κ2) is 7.23. The van der Waals surface area contributed by atoms with Crippen LogP contribution in [-0.4, -0.2) is 25.7 Å². The Bertz CT molecular complexity index is 958. The van der Waals surface area contributed by atoms with Crippen LogP contribution in [0.15, 0.2) is 24.5 Å². The number of carbonyl (C=O) groups is 1. The van der Waals surface area contributed by atoms with E-state index in [2.05, 4.69) is 36.2 Å². The highest BCUT2D eigenvalue weighted by Gasteiger charge is 2.16. The highest BCUT2D eigenvalue weighted by Crippen LogP contribution is 2.25. The number of fused-ring (bicyclic) bond motifs is 1. The van der Waals surface area contributed by atoms with Crippen LogP contribution in [0.3, 0.4) is 0 Å². The fourth-order valence-corrected chi connectivity index (χ4v) is 3.19. The van der Waals surface area contributed by atoms with Gasteiger partial charge >= 0.3 is 0 Å². The van der Waals surface area contributed by atoms with Crippen molar-refractivity contribution in [1.82, 2.24) is 19.7 Å². The van der Waals surface area contributed by atoms with Crippen molar-refractivity contribution >= 4 is 22.8 Å². The summed E-state index contributed by atoms with van der Waals surface area (Å²) in [4.78, 5) is 21.3. The highest BCUT2D eigenvalue weighted by molar-refractivity contribution is 5.90. The summed E-state index contributed by atoms with van der Waals surface area (Å²) in [6.07, 6.45) is 4.59. The van der Waals surface area contributed by atoms with Crippen LogP contribution in [0.5, 0.6) is 0 Å². The fourth-order valence-electron chi connectivity index (χ4n) is 3.19. The van der Waals surface area contributed by atoms with Crippen molar-refractivity contribution < 1.29 is 4.79 Å². The molecule has 0 saturated heterocycles. The first-order valence-electron chi connectivity index (χ1n) is 8.93. The molecule has 1 amide bonds. The number of carbonyl (C=O) groups excluding carboxylic acids is 1. The van der Waals surface area contributed by atoms with Crippen molar-refractivity contribution in [2.24, 2.45) is 0 Å². The molecule has 26 heavy (non-hydrogen) atoms. The van der Waals surface area contributed by atoms with Gasteiger partial charge < -0.3 is 5.32 Å². The summed E-state index contributed by atoms with van der Waals surface area (Å²) >= 11 is 0. The van der Waals surface area contributed by atoms with Gasteiger partial charge in [0.05, 0.1) is 6.20 Å². The third-order valence-electron chi connectivity index (χ3n) is 4.69. The molecule has 3 aromatic rings. The van der Waals surface area contributed by atoms with E-state index in [1.54, 1.807) is 6.20 Å². The molecule has 0 aliphatic rings. The van der Waals surface area contributed by atoms with Gasteiger partial charge in [0.15, 0.2) is 5.65 Å². The Morgan fingerprint density at radius 2 is 2.04 bits per heavy atom. The summed E-state index contributed by atoms with van der Waals surface area (Å²) in [7, 11) is 0. The monoisotopic (exact) mass is 351 g/mol. The van der Waals surface area contributed by atoms with E-state index in [1.165, 1.54) is 0 Å². The lowest BCUT2D eigenvalue weighted by molar-refractivity contribution is -0.116. The van der Waals surface area contributed by atoms with E-state index in [1.807, 2.05) is 36.9 Å². The largest absolute Gasteiger partial charge is 0.310 e. The highest BCUT2D eigenvalue weighted by atomic mass is 16.1. The summed E-state index contributed by atoms with van der Waals surface area (Å²) in [5.74, 6) is 0.585. The van der Waals surface area contributed by atoms with Crippen LogP contribution in [0.2, 0.25) is 0 Å². The van der Waals surface area contributed by atoms with Gasteiger partial charge in [0, 0.05) is 29.7 Å². The summed E-state index contributed by atoms with van der Waals surface area (Å²) < 4.78 is 1.94. The van der Waals surface area contributed by atoms with Crippen LogP contribution in [0.25, 0.3) is 11.0 Å². The summed E-state index contributed by atoms with van der Waals surface area (Å²) in [6.45, 7) is 10.2. The second-order valence-electron chi connectivity index (χ2n) is 6.94. The van der Waals surface area contributed by atoms with Crippen LogP contribution >= 0.6 is 0 Å². The molecule has 0 aromatic carbocycles. The number of aryl methyl sites for hydroxylation is 3. The van der Waals surface area contributed by atoms with E-state index in [4.69, 9.17) is 4.98 Å². The van der Waals surface area contributed by atoms with E-state index < -0.39 is 0 Å². The predicted octanol–water partition coefficient (Wildman–Crippen LogP) is 3.90. The molecular weight excluding hydrogens is 326 g/mol. The Hall–Kier alpha value is -2.76. The molecule has 136 valence electrons. The number of hydrogen-bond acceptors (Lipinski definition) is 4. The smallest absolute Gasteiger partial charge is 0.225 e. The zero-order valence-corrected chi connectivity index (χ0v) is 16.0. The Morgan fingerprint density at radius 3 is 2.73 bits per heavy atom. The number of aromatic nitrogens is 4. The maximum atomic E-state index is 12.3. The van der Waals surface area contributed by atoms with Gasteiger partial charge in [0.1, 0.15) is 5.82 Å². The Morgan fingerprint density at radius 1 is 1.27 bits per heavy atom.